The van der Waals surface area contributed by atoms with E-state index in [1.807, 2.05) is 6.92 Å². The molecule has 3 unspecified atom stereocenters. The van der Waals surface area contributed by atoms with Gasteiger partial charge in [0, 0.05) is 6.08 Å². The second-order valence-electron chi connectivity index (χ2n) is 6.83. The molecule has 0 saturated heterocycles. The average Bonchev–Trinajstić information content (AvgIpc) is 2.41. The summed E-state index contributed by atoms with van der Waals surface area (Å²) in [5, 5.41) is 46.7. The molecular formula is C18H30O7. The van der Waals surface area contributed by atoms with Crippen molar-refractivity contribution in [3.05, 3.63) is 23.3 Å². The van der Waals surface area contributed by atoms with Crippen molar-refractivity contribution in [1.82, 2.24) is 0 Å². The van der Waals surface area contributed by atoms with Gasteiger partial charge in [-0.05, 0) is 45.6 Å². The Morgan fingerprint density at radius 1 is 1.12 bits per heavy atom. The zero-order valence-electron chi connectivity index (χ0n) is 15.1. The second-order valence-corrected chi connectivity index (χ2v) is 6.83. The lowest BCUT2D eigenvalue weighted by Crippen LogP contribution is -2.31. The summed E-state index contributed by atoms with van der Waals surface area (Å²) in [7, 11) is 0. The van der Waals surface area contributed by atoms with Gasteiger partial charge in [-0.2, -0.15) is 0 Å². The minimum Gasteiger partial charge on any atom is -0.481 e. The van der Waals surface area contributed by atoms with E-state index in [2.05, 4.69) is 0 Å². The van der Waals surface area contributed by atoms with Gasteiger partial charge in [0.25, 0.3) is 0 Å². The zero-order valence-corrected chi connectivity index (χ0v) is 15.1. The van der Waals surface area contributed by atoms with Gasteiger partial charge in [-0.15, -0.1) is 0 Å². The molecule has 0 aliphatic heterocycles. The van der Waals surface area contributed by atoms with Crippen molar-refractivity contribution in [3.8, 4) is 0 Å². The number of allylic oxidation sites excluding steroid dienone is 2. The normalized spacial score (nSPS) is 17.7. The highest BCUT2D eigenvalue weighted by Gasteiger charge is 2.26. The van der Waals surface area contributed by atoms with Crippen LogP contribution >= 0.6 is 0 Å². The van der Waals surface area contributed by atoms with E-state index in [0.717, 1.165) is 11.6 Å². The molecule has 5 N–H and O–H groups in total. The standard InChI is InChI=1S/C18H30O7/c1-12(9-16(21)22)8-13(2)10-18(3,25)7-5-4-6-15(20)14(11-19)17(23)24/h8-9,14-15,19-20,25H,4-7,10-11H2,1-3H3,(H,21,22)(H,23,24). The maximum atomic E-state index is 10.8. The molecule has 0 aliphatic rings. The van der Waals surface area contributed by atoms with Crippen LogP contribution in [0, 0.1) is 5.92 Å². The van der Waals surface area contributed by atoms with Crippen LogP contribution in [0.5, 0.6) is 0 Å². The van der Waals surface area contributed by atoms with Crippen LogP contribution in [0.4, 0.5) is 0 Å². The Balaban J connectivity index is 4.39. The highest BCUT2D eigenvalue weighted by atomic mass is 16.4. The van der Waals surface area contributed by atoms with E-state index in [9.17, 15) is 19.8 Å². The van der Waals surface area contributed by atoms with Crippen LogP contribution in [0.15, 0.2) is 23.3 Å². The molecule has 7 nitrogen and oxygen atoms in total. The summed E-state index contributed by atoms with van der Waals surface area (Å²) in [6.07, 6.45) is 3.91. The topological polar surface area (TPSA) is 135 Å². The van der Waals surface area contributed by atoms with Crippen LogP contribution in [0.3, 0.4) is 0 Å². The third-order valence-electron chi connectivity index (χ3n) is 3.93. The number of unbranched alkanes of at least 4 members (excludes halogenated alkanes) is 1. The maximum Gasteiger partial charge on any atom is 0.328 e. The molecule has 3 atom stereocenters. The molecule has 0 rings (SSSR count). The molecule has 7 heteroatoms. The van der Waals surface area contributed by atoms with Gasteiger partial charge < -0.3 is 25.5 Å². The number of hydrogen-bond acceptors (Lipinski definition) is 5. The van der Waals surface area contributed by atoms with Crippen LogP contribution in [0.25, 0.3) is 0 Å². The smallest absolute Gasteiger partial charge is 0.328 e. The number of carbonyl (C=O) groups is 2. The van der Waals surface area contributed by atoms with Crippen LogP contribution in [-0.4, -0.2) is 55.8 Å². The van der Waals surface area contributed by atoms with Gasteiger partial charge in [-0.1, -0.05) is 24.5 Å². The van der Waals surface area contributed by atoms with Crippen LogP contribution in [0.2, 0.25) is 0 Å². The van der Waals surface area contributed by atoms with Crippen LogP contribution in [-0.2, 0) is 9.59 Å². The fourth-order valence-electron chi connectivity index (χ4n) is 2.79. The third kappa shape index (κ3) is 10.7. The van der Waals surface area contributed by atoms with Crippen molar-refractivity contribution in [2.75, 3.05) is 6.61 Å². The summed E-state index contributed by atoms with van der Waals surface area (Å²) in [6, 6.07) is 0. The predicted molar refractivity (Wildman–Crippen MR) is 93.1 cm³/mol. The van der Waals surface area contributed by atoms with Crippen LogP contribution < -0.4 is 0 Å². The molecule has 0 radical (unpaired) electrons. The lowest BCUT2D eigenvalue weighted by atomic mass is 9.89. The number of aliphatic hydroxyl groups is 3. The number of carboxylic acid groups (broad SMARTS) is 2. The highest BCUT2D eigenvalue weighted by molar-refractivity contribution is 5.81. The van der Waals surface area contributed by atoms with E-state index in [1.165, 1.54) is 0 Å². The Morgan fingerprint density at radius 2 is 1.72 bits per heavy atom. The van der Waals surface area contributed by atoms with E-state index in [0.29, 0.717) is 31.3 Å². The fraction of sp³-hybridized carbons (Fsp3) is 0.667. The molecule has 0 amide bonds. The molecule has 0 fully saturated rings. The number of carboxylic acids is 2. The Bertz CT molecular complexity index is 506. The second kappa shape index (κ2) is 11.0. The van der Waals surface area contributed by atoms with Gasteiger partial charge in [0.15, 0.2) is 0 Å². The molecule has 144 valence electrons. The first kappa shape index (κ1) is 23.3. The number of rotatable bonds is 12. The monoisotopic (exact) mass is 358 g/mol. The first-order chi connectivity index (χ1) is 11.5. The van der Waals surface area contributed by atoms with E-state index < -0.39 is 36.2 Å². The molecule has 0 heterocycles. The van der Waals surface area contributed by atoms with E-state index in [4.69, 9.17) is 15.3 Å². The van der Waals surface area contributed by atoms with Gasteiger partial charge in [0.1, 0.15) is 5.92 Å². The van der Waals surface area contributed by atoms with Crippen molar-refractivity contribution >= 4 is 11.9 Å². The van der Waals surface area contributed by atoms with Gasteiger partial charge in [-0.25, -0.2) is 4.79 Å². The van der Waals surface area contributed by atoms with E-state index in [-0.39, 0.29) is 6.42 Å². The van der Waals surface area contributed by atoms with Crippen LogP contribution in [0.1, 0.15) is 52.9 Å². The quantitative estimate of drug-likeness (QED) is 0.204. The van der Waals surface area contributed by atoms with Gasteiger partial charge >= 0.3 is 11.9 Å². The summed E-state index contributed by atoms with van der Waals surface area (Å²) in [6.45, 7) is 4.57. The van der Waals surface area contributed by atoms with Crippen molar-refractivity contribution in [2.45, 2.75) is 64.6 Å². The molecule has 0 bridgehead atoms. The summed E-state index contributed by atoms with van der Waals surface area (Å²) >= 11 is 0. The Morgan fingerprint density at radius 3 is 2.20 bits per heavy atom. The summed E-state index contributed by atoms with van der Waals surface area (Å²) in [5.74, 6) is -3.43. The molecule has 0 aromatic carbocycles. The van der Waals surface area contributed by atoms with Gasteiger partial charge in [-0.3, -0.25) is 4.79 Å². The first-order valence-corrected chi connectivity index (χ1v) is 8.31. The zero-order chi connectivity index (χ0) is 19.6. The molecule has 0 spiro atoms. The molecule has 25 heavy (non-hydrogen) atoms. The average molecular weight is 358 g/mol. The van der Waals surface area contributed by atoms with E-state index >= 15 is 0 Å². The molecular weight excluding hydrogens is 328 g/mol. The first-order valence-electron chi connectivity index (χ1n) is 8.31. The Hall–Kier alpha value is -1.70. The number of aliphatic hydroxyl groups excluding tert-OH is 2. The van der Waals surface area contributed by atoms with Crippen molar-refractivity contribution < 1.29 is 35.1 Å². The Kier molecular flexibility index (Phi) is 10.3. The van der Waals surface area contributed by atoms with Gasteiger partial charge in [0.05, 0.1) is 18.3 Å². The minimum absolute atomic E-state index is 0.239. The SMILES string of the molecule is CC(=CC(=O)O)C=C(C)CC(C)(O)CCCCC(O)C(CO)C(=O)O. The predicted octanol–water partition coefficient (Wildman–Crippen LogP) is 1.72. The summed E-state index contributed by atoms with van der Waals surface area (Å²) < 4.78 is 0. The lowest BCUT2D eigenvalue weighted by molar-refractivity contribution is -0.147. The molecule has 0 aliphatic carbocycles. The number of aliphatic carboxylic acids is 2. The van der Waals surface area contributed by atoms with Crippen molar-refractivity contribution in [3.63, 3.8) is 0 Å². The Labute approximate surface area is 148 Å². The lowest BCUT2D eigenvalue weighted by Gasteiger charge is -2.24. The highest BCUT2D eigenvalue weighted by Crippen LogP contribution is 2.24. The number of hydrogen-bond donors (Lipinski definition) is 5. The molecule has 0 aromatic rings. The largest absolute Gasteiger partial charge is 0.481 e. The molecule has 0 aromatic heterocycles. The summed E-state index contributed by atoms with van der Waals surface area (Å²) in [4.78, 5) is 21.4. The van der Waals surface area contributed by atoms with Gasteiger partial charge in [0.2, 0.25) is 0 Å². The van der Waals surface area contributed by atoms with E-state index in [1.54, 1.807) is 19.9 Å². The molecule has 0 saturated carbocycles. The maximum absolute atomic E-state index is 10.8. The summed E-state index contributed by atoms with van der Waals surface area (Å²) in [5.41, 5.74) is 0.469. The minimum atomic E-state index is -1.23. The van der Waals surface area contributed by atoms with Crippen molar-refractivity contribution in [1.29, 1.82) is 0 Å². The fourth-order valence-corrected chi connectivity index (χ4v) is 2.79. The third-order valence-corrected chi connectivity index (χ3v) is 3.93. The van der Waals surface area contributed by atoms with Crippen molar-refractivity contribution in [2.24, 2.45) is 5.92 Å².